The van der Waals surface area contributed by atoms with Crippen LogP contribution in [0.1, 0.15) is 16.0 Å². The Morgan fingerprint density at radius 2 is 2.10 bits per heavy atom. The predicted octanol–water partition coefficient (Wildman–Crippen LogP) is 3.81. The number of hydrogen-bond acceptors (Lipinski definition) is 3. The smallest absolute Gasteiger partial charge is 0.128 e. The Hall–Kier alpha value is -1.01. The van der Waals surface area contributed by atoms with E-state index in [2.05, 4.69) is 0 Å². The Morgan fingerprint density at radius 1 is 1.35 bits per heavy atom. The summed E-state index contributed by atoms with van der Waals surface area (Å²) in [5, 5.41) is 0. The molecule has 2 N–H and O–H groups in total. The summed E-state index contributed by atoms with van der Waals surface area (Å²) in [4.78, 5) is 3.38. The standard InChI is InChI=1S/C14H14ClFN2S2/c1-18(8-11-4-5-13(15)20-11)7-10-3-2-9(14(17)19)6-12(10)16/h2-6H,7-8H2,1H3,(H2,17,19). The summed E-state index contributed by atoms with van der Waals surface area (Å²) in [7, 11) is 1.94. The van der Waals surface area contributed by atoms with Gasteiger partial charge >= 0.3 is 0 Å². The number of thiocarbonyl (C=S) groups is 1. The zero-order valence-electron chi connectivity index (χ0n) is 10.9. The van der Waals surface area contributed by atoms with Gasteiger partial charge in [0.2, 0.25) is 0 Å². The molecule has 2 nitrogen and oxygen atoms in total. The van der Waals surface area contributed by atoms with Crippen molar-refractivity contribution in [2.75, 3.05) is 7.05 Å². The number of rotatable bonds is 5. The Kier molecular flexibility index (Phi) is 5.10. The average molecular weight is 329 g/mol. The van der Waals surface area contributed by atoms with E-state index < -0.39 is 0 Å². The van der Waals surface area contributed by atoms with E-state index in [4.69, 9.17) is 29.6 Å². The van der Waals surface area contributed by atoms with Crippen LogP contribution in [0.25, 0.3) is 0 Å². The molecule has 0 unspecified atom stereocenters. The van der Waals surface area contributed by atoms with Crippen LogP contribution in [-0.2, 0) is 13.1 Å². The Balaban J connectivity index is 2.04. The van der Waals surface area contributed by atoms with Crippen molar-refractivity contribution in [2.24, 2.45) is 5.73 Å². The molecule has 106 valence electrons. The van der Waals surface area contributed by atoms with E-state index >= 15 is 0 Å². The van der Waals surface area contributed by atoms with Gasteiger partial charge in [0.25, 0.3) is 0 Å². The van der Waals surface area contributed by atoms with E-state index in [0.717, 1.165) is 15.8 Å². The number of thiophene rings is 1. The van der Waals surface area contributed by atoms with Crippen LogP contribution in [0.5, 0.6) is 0 Å². The Bertz CT molecular complexity index is 627. The first kappa shape index (κ1) is 15.4. The van der Waals surface area contributed by atoms with Gasteiger partial charge in [0.1, 0.15) is 10.8 Å². The molecule has 20 heavy (non-hydrogen) atoms. The molecule has 0 amide bonds. The van der Waals surface area contributed by atoms with Crippen LogP contribution in [0, 0.1) is 5.82 Å². The van der Waals surface area contributed by atoms with Gasteiger partial charge in [-0.25, -0.2) is 4.39 Å². The minimum Gasteiger partial charge on any atom is -0.389 e. The van der Waals surface area contributed by atoms with Gasteiger partial charge < -0.3 is 5.73 Å². The third kappa shape index (κ3) is 3.99. The lowest BCUT2D eigenvalue weighted by Gasteiger charge is -2.16. The highest BCUT2D eigenvalue weighted by Gasteiger charge is 2.09. The topological polar surface area (TPSA) is 29.3 Å². The first-order valence-corrected chi connectivity index (χ1v) is 7.57. The van der Waals surface area contributed by atoms with Crippen molar-refractivity contribution in [1.29, 1.82) is 0 Å². The maximum Gasteiger partial charge on any atom is 0.128 e. The molecular formula is C14H14ClFN2S2. The average Bonchev–Trinajstić information content (AvgIpc) is 2.77. The van der Waals surface area contributed by atoms with E-state index in [0.29, 0.717) is 17.7 Å². The highest BCUT2D eigenvalue weighted by atomic mass is 35.5. The number of hydrogen-bond donors (Lipinski definition) is 1. The molecule has 6 heteroatoms. The quantitative estimate of drug-likeness (QED) is 0.846. The summed E-state index contributed by atoms with van der Waals surface area (Å²) in [6.07, 6.45) is 0. The van der Waals surface area contributed by atoms with E-state index in [1.165, 1.54) is 17.4 Å². The largest absolute Gasteiger partial charge is 0.389 e. The van der Waals surface area contributed by atoms with Crippen molar-refractivity contribution in [3.8, 4) is 0 Å². The normalized spacial score (nSPS) is 11.0. The highest BCUT2D eigenvalue weighted by Crippen LogP contribution is 2.23. The maximum atomic E-state index is 14.0. The van der Waals surface area contributed by atoms with Gasteiger partial charge in [-0.15, -0.1) is 11.3 Å². The molecule has 0 bridgehead atoms. The summed E-state index contributed by atoms with van der Waals surface area (Å²) in [5.74, 6) is -0.286. The monoisotopic (exact) mass is 328 g/mol. The lowest BCUT2D eigenvalue weighted by Crippen LogP contribution is -2.18. The molecule has 1 heterocycles. The van der Waals surface area contributed by atoms with Crippen molar-refractivity contribution in [3.05, 3.63) is 56.5 Å². The van der Waals surface area contributed by atoms with E-state index in [9.17, 15) is 4.39 Å². The molecule has 2 aromatic rings. The lowest BCUT2D eigenvalue weighted by molar-refractivity contribution is 0.316. The molecule has 0 spiro atoms. The molecule has 0 aliphatic rings. The predicted molar refractivity (Wildman–Crippen MR) is 86.8 cm³/mol. The van der Waals surface area contributed by atoms with Gasteiger partial charge in [-0.05, 0) is 25.2 Å². The number of halogens is 2. The van der Waals surface area contributed by atoms with E-state index in [1.807, 2.05) is 24.1 Å². The zero-order chi connectivity index (χ0) is 14.7. The molecule has 0 radical (unpaired) electrons. The third-order valence-corrected chi connectivity index (χ3v) is 4.28. The second kappa shape index (κ2) is 6.63. The first-order valence-electron chi connectivity index (χ1n) is 5.96. The Labute approximate surface area is 132 Å². The third-order valence-electron chi connectivity index (χ3n) is 2.83. The summed E-state index contributed by atoms with van der Waals surface area (Å²) in [6.45, 7) is 1.24. The molecule has 0 fully saturated rings. The minimum absolute atomic E-state index is 0.206. The van der Waals surface area contributed by atoms with Crippen molar-refractivity contribution in [1.82, 2.24) is 4.90 Å². The summed E-state index contributed by atoms with van der Waals surface area (Å²) >= 11 is 12.3. The summed E-state index contributed by atoms with van der Waals surface area (Å²) < 4.78 is 14.7. The SMILES string of the molecule is CN(Cc1ccc(Cl)s1)Cc1ccc(C(N)=S)cc1F. The zero-order valence-corrected chi connectivity index (χ0v) is 13.3. The number of benzene rings is 1. The fourth-order valence-corrected chi connectivity index (χ4v) is 3.17. The van der Waals surface area contributed by atoms with Gasteiger partial charge in [0.05, 0.1) is 4.34 Å². The summed E-state index contributed by atoms with van der Waals surface area (Å²) in [5.41, 5.74) is 6.65. The summed E-state index contributed by atoms with van der Waals surface area (Å²) in [6, 6.07) is 8.70. The fraction of sp³-hybridized carbons (Fsp3) is 0.214. The molecule has 0 saturated heterocycles. The fourth-order valence-electron chi connectivity index (χ4n) is 1.88. The molecule has 2 rings (SSSR count). The second-order valence-corrected chi connectivity index (χ2v) is 6.79. The van der Waals surface area contributed by atoms with Crippen LogP contribution in [0.2, 0.25) is 4.34 Å². The van der Waals surface area contributed by atoms with Crippen LogP contribution in [0.4, 0.5) is 4.39 Å². The Morgan fingerprint density at radius 3 is 2.65 bits per heavy atom. The van der Waals surface area contributed by atoms with Crippen LogP contribution in [0.3, 0.4) is 0 Å². The molecular weight excluding hydrogens is 315 g/mol. The van der Waals surface area contributed by atoms with Gasteiger partial charge in [0.15, 0.2) is 0 Å². The second-order valence-electron chi connectivity index (χ2n) is 4.55. The van der Waals surface area contributed by atoms with E-state index in [1.54, 1.807) is 12.1 Å². The lowest BCUT2D eigenvalue weighted by atomic mass is 10.1. The number of nitrogens with two attached hydrogens (primary N) is 1. The van der Waals surface area contributed by atoms with Gasteiger partial charge in [-0.1, -0.05) is 36.0 Å². The van der Waals surface area contributed by atoms with Crippen LogP contribution < -0.4 is 5.73 Å². The molecule has 0 atom stereocenters. The van der Waals surface area contributed by atoms with Crippen molar-refractivity contribution >= 4 is 40.1 Å². The highest BCUT2D eigenvalue weighted by molar-refractivity contribution is 7.80. The molecule has 0 aliphatic carbocycles. The van der Waals surface area contributed by atoms with Gasteiger partial charge in [-0.2, -0.15) is 0 Å². The molecule has 1 aromatic carbocycles. The van der Waals surface area contributed by atoms with Gasteiger partial charge in [-0.3, -0.25) is 4.90 Å². The van der Waals surface area contributed by atoms with Crippen molar-refractivity contribution < 1.29 is 4.39 Å². The molecule has 1 aromatic heterocycles. The molecule has 0 saturated carbocycles. The maximum absolute atomic E-state index is 14.0. The van der Waals surface area contributed by atoms with Crippen LogP contribution in [0.15, 0.2) is 30.3 Å². The minimum atomic E-state index is -0.286. The van der Waals surface area contributed by atoms with E-state index in [-0.39, 0.29) is 10.8 Å². The van der Waals surface area contributed by atoms with Crippen molar-refractivity contribution in [3.63, 3.8) is 0 Å². The van der Waals surface area contributed by atoms with Crippen molar-refractivity contribution in [2.45, 2.75) is 13.1 Å². The molecule has 0 aliphatic heterocycles. The van der Waals surface area contributed by atoms with Crippen LogP contribution >= 0.6 is 35.2 Å². The van der Waals surface area contributed by atoms with Gasteiger partial charge in [0, 0.05) is 29.1 Å². The number of nitrogens with zero attached hydrogens (tertiary/aromatic N) is 1. The van der Waals surface area contributed by atoms with Crippen LogP contribution in [-0.4, -0.2) is 16.9 Å². The first-order chi connectivity index (χ1) is 9.45.